The first-order valence-corrected chi connectivity index (χ1v) is 7.70. The van der Waals surface area contributed by atoms with Crippen LogP contribution in [0.5, 0.6) is 5.75 Å². The van der Waals surface area contributed by atoms with Crippen molar-refractivity contribution in [2.75, 3.05) is 7.11 Å². The molecule has 0 atom stereocenters. The van der Waals surface area contributed by atoms with Crippen LogP contribution >= 0.6 is 0 Å². The van der Waals surface area contributed by atoms with E-state index in [1.807, 2.05) is 48.8 Å². The van der Waals surface area contributed by atoms with Crippen LogP contribution in [0.3, 0.4) is 0 Å². The lowest BCUT2D eigenvalue weighted by molar-refractivity contribution is -0.697. The third-order valence-electron chi connectivity index (χ3n) is 3.54. The van der Waals surface area contributed by atoms with Gasteiger partial charge in [-0.15, -0.1) is 0 Å². The number of benzene rings is 1. The van der Waals surface area contributed by atoms with Crippen molar-refractivity contribution < 1.29 is 31.6 Å². The predicted octanol–water partition coefficient (Wildman–Crippen LogP) is 0.412. The predicted molar refractivity (Wildman–Crippen MR) is 90.0 cm³/mol. The summed E-state index contributed by atoms with van der Waals surface area (Å²) in [5.74, 6) is 0.118. The minimum Gasteiger partial charge on any atom is -1.00 e. The molecule has 1 N–H and O–H groups in total. The van der Waals surface area contributed by atoms with Gasteiger partial charge in [-0.25, -0.2) is 4.57 Å². The van der Waals surface area contributed by atoms with Crippen LogP contribution in [0.15, 0.2) is 48.8 Å². The molecular formula is C19H22ClNO3. The van der Waals surface area contributed by atoms with E-state index in [1.54, 1.807) is 7.11 Å². The van der Waals surface area contributed by atoms with E-state index in [9.17, 15) is 4.79 Å². The van der Waals surface area contributed by atoms with Crippen LogP contribution in [0.25, 0.3) is 12.2 Å². The number of carbonyl (C=O) groups is 1. The van der Waals surface area contributed by atoms with E-state index in [0.29, 0.717) is 6.42 Å². The highest BCUT2D eigenvalue weighted by molar-refractivity contribution is 5.69. The van der Waals surface area contributed by atoms with Gasteiger partial charge in [-0.1, -0.05) is 24.3 Å². The molecule has 0 radical (unpaired) electrons. The third-order valence-corrected chi connectivity index (χ3v) is 3.54. The Labute approximate surface area is 148 Å². The van der Waals surface area contributed by atoms with Gasteiger partial charge in [-0.3, -0.25) is 4.79 Å². The van der Waals surface area contributed by atoms with E-state index >= 15 is 0 Å². The molecule has 4 nitrogen and oxygen atoms in total. The second-order valence-corrected chi connectivity index (χ2v) is 5.33. The van der Waals surface area contributed by atoms with Gasteiger partial charge in [-0.05, 0) is 29.7 Å². The summed E-state index contributed by atoms with van der Waals surface area (Å²) in [6, 6.07) is 12.0. The molecule has 0 spiro atoms. The third kappa shape index (κ3) is 6.84. The van der Waals surface area contributed by atoms with Gasteiger partial charge in [-0.2, -0.15) is 0 Å². The summed E-state index contributed by atoms with van der Waals surface area (Å²) in [6.07, 6.45) is 9.97. The fraction of sp³-hybridized carbons (Fsp3) is 0.263. The first-order chi connectivity index (χ1) is 11.2. The van der Waals surface area contributed by atoms with Crippen molar-refractivity contribution in [3.8, 4) is 5.75 Å². The van der Waals surface area contributed by atoms with Crippen LogP contribution in [-0.2, 0) is 11.3 Å². The number of halogens is 1. The molecule has 0 amide bonds. The Kier molecular flexibility index (Phi) is 8.58. The minimum atomic E-state index is -0.729. The Bertz CT molecular complexity index is 669. The van der Waals surface area contributed by atoms with Gasteiger partial charge in [0.1, 0.15) is 12.3 Å². The fourth-order valence-corrected chi connectivity index (χ4v) is 2.24. The fourth-order valence-electron chi connectivity index (χ4n) is 2.24. The van der Waals surface area contributed by atoms with Gasteiger partial charge in [0.05, 0.1) is 7.11 Å². The summed E-state index contributed by atoms with van der Waals surface area (Å²) in [5.41, 5.74) is 2.21. The average molecular weight is 348 g/mol. The standard InChI is InChI=1S/C19H21NO3.ClH/c1-23-18-6-4-5-17(15-18)9-8-16-10-13-20(14-11-16)12-3-2-7-19(21)22;/h4-6,8-11,13-15H,2-3,7,12H2,1H3;1H/b9-8-;. The van der Waals surface area contributed by atoms with Crippen molar-refractivity contribution in [3.63, 3.8) is 0 Å². The van der Waals surface area contributed by atoms with Gasteiger partial charge < -0.3 is 22.3 Å². The second kappa shape index (κ2) is 10.4. The maximum Gasteiger partial charge on any atom is 0.303 e. The van der Waals surface area contributed by atoms with E-state index in [-0.39, 0.29) is 18.8 Å². The van der Waals surface area contributed by atoms with Crippen LogP contribution in [0.1, 0.15) is 30.4 Å². The average Bonchev–Trinajstić information content (AvgIpc) is 2.58. The van der Waals surface area contributed by atoms with Crippen LogP contribution in [-0.4, -0.2) is 18.2 Å². The van der Waals surface area contributed by atoms with Crippen molar-refractivity contribution in [2.24, 2.45) is 0 Å². The number of aryl methyl sites for hydroxylation is 1. The molecule has 1 aromatic carbocycles. The highest BCUT2D eigenvalue weighted by Crippen LogP contribution is 2.14. The van der Waals surface area contributed by atoms with Crippen LogP contribution in [0.4, 0.5) is 0 Å². The molecule has 0 bridgehead atoms. The maximum atomic E-state index is 10.5. The van der Waals surface area contributed by atoms with Gasteiger partial charge in [0.25, 0.3) is 0 Å². The van der Waals surface area contributed by atoms with Crippen molar-refractivity contribution in [1.82, 2.24) is 0 Å². The van der Waals surface area contributed by atoms with E-state index in [1.165, 1.54) is 0 Å². The SMILES string of the molecule is COc1cccc(/C=C\c2cc[n+](CCCCC(=O)O)cc2)c1.[Cl-]. The van der Waals surface area contributed by atoms with Crippen molar-refractivity contribution >= 4 is 18.1 Å². The summed E-state index contributed by atoms with van der Waals surface area (Å²) in [7, 11) is 1.66. The number of nitrogens with zero attached hydrogens (tertiary/aromatic N) is 1. The zero-order chi connectivity index (χ0) is 16.5. The number of hydrogen-bond acceptors (Lipinski definition) is 2. The lowest BCUT2D eigenvalue weighted by Gasteiger charge is -2.00. The highest BCUT2D eigenvalue weighted by atomic mass is 35.5. The minimum absolute atomic E-state index is 0. The molecule has 0 aliphatic rings. The molecule has 1 aromatic heterocycles. The Morgan fingerprint density at radius 3 is 2.50 bits per heavy atom. The first kappa shape index (κ1) is 19.7. The maximum absolute atomic E-state index is 10.5. The van der Waals surface area contributed by atoms with Crippen LogP contribution in [0, 0.1) is 0 Å². The Balaban J connectivity index is 0.00000288. The second-order valence-electron chi connectivity index (χ2n) is 5.33. The summed E-state index contributed by atoms with van der Waals surface area (Å²) in [6.45, 7) is 0.840. The number of rotatable bonds is 8. The lowest BCUT2D eigenvalue weighted by Crippen LogP contribution is -3.00. The molecular weight excluding hydrogens is 326 g/mol. The Hall–Kier alpha value is -2.33. The molecule has 5 heteroatoms. The monoisotopic (exact) mass is 347 g/mol. The summed E-state index contributed by atoms with van der Waals surface area (Å²) in [5, 5.41) is 8.61. The number of ether oxygens (including phenoxy) is 1. The number of carboxylic acids is 1. The normalized spacial score (nSPS) is 10.4. The van der Waals surface area contributed by atoms with E-state index in [4.69, 9.17) is 9.84 Å². The van der Waals surface area contributed by atoms with Crippen LogP contribution in [0.2, 0.25) is 0 Å². The molecule has 0 unspecified atom stereocenters. The first-order valence-electron chi connectivity index (χ1n) is 7.70. The molecule has 24 heavy (non-hydrogen) atoms. The largest absolute Gasteiger partial charge is 1.00 e. The zero-order valence-corrected chi connectivity index (χ0v) is 14.4. The molecule has 2 rings (SSSR count). The summed E-state index contributed by atoms with van der Waals surface area (Å²) >= 11 is 0. The quantitative estimate of drug-likeness (QED) is 0.556. The molecule has 0 saturated heterocycles. The van der Waals surface area contributed by atoms with Crippen molar-refractivity contribution in [3.05, 3.63) is 59.9 Å². The summed E-state index contributed by atoms with van der Waals surface area (Å²) < 4.78 is 7.28. The van der Waals surface area contributed by atoms with Gasteiger partial charge >= 0.3 is 5.97 Å². The molecule has 0 fully saturated rings. The Morgan fingerprint density at radius 2 is 1.83 bits per heavy atom. The number of hydrogen-bond donors (Lipinski definition) is 1. The van der Waals surface area contributed by atoms with Crippen molar-refractivity contribution in [2.45, 2.75) is 25.8 Å². The molecule has 0 aliphatic carbocycles. The van der Waals surface area contributed by atoms with E-state index in [0.717, 1.165) is 29.8 Å². The number of methoxy groups -OCH3 is 1. The summed E-state index contributed by atoms with van der Waals surface area (Å²) in [4.78, 5) is 10.5. The lowest BCUT2D eigenvalue weighted by atomic mass is 10.1. The molecule has 1 heterocycles. The smallest absolute Gasteiger partial charge is 0.303 e. The Morgan fingerprint density at radius 1 is 1.12 bits per heavy atom. The van der Waals surface area contributed by atoms with Crippen LogP contribution < -0.4 is 21.7 Å². The molecule has 0 saturated carbocycles. The molecule has 0 aliphatic heterocycles. The van der Waals surface area contributed by atoms with E-state index in [2.05, 4.69) is 16.7 Å². The number of aliphatic carboxylic acids is 1. The van der Waals surface area contributed by atoms with Crippen molar-refractivity contribution in [1.29, 1.82) is 0 Å². The topological polar surface area (TPSA) is 50.4 Å². The molecule has 128 valence electrons. The zero-order valence-electron chi connectivity index (χ0n) is 13.7. The number of aromatic nitrogens is 1. The highest BCUT2D eigenvalue weighted by Gasteiger charge is 2.02. The number of carboxylic acid groups (broad SMARTS) is 1. The van der Waals surface area contributed by atoms with E-state index < -0.39 is 5.97 Å². The van der Waals surface area contributed by atoms with Gasteiger partial charge in [0.2, 0.25) is 0 Å². The number of unbranched alkanes of at least 4 members (excludes halogenated alkanes) is 1. The van der Waals surface area contributed by atoms with Gasteiger partial charge in [0, 0.05) is 25.0 Å². The molecule has 2 aromatic rings. The number of pyridine rings is 1. The van der Waals surface area contributed by atoms with Gasteiger partial charge in [0.15, 0.2) is 12.4 Å².